The predicted octanol–water partition coefficient (Wildman–Crippen LogP) is -1.68. The Hall–Kier alpha value is -0.300. The Morgan fingerprint density at radius 2 is 1.29 bits per heavy atom. The van der Waals surface area contributed by atoms with Gasteiger partial charge in [0.05, 0.1) is 26.4 Å². The van der Waals surface area contributed by atoms with Crippen molar-refractivity contribution in [2.45, 2.75) is 12.2 Å². The van der Waals surface area contributed by atoms with Crippen LogP contribution in [0.15, 0.2) is 0 Å². The van der Waals surface area contributed by atoms with E-state index in [1.54, 1.807) is 0 Å². The molecule has 0 bridgehead atoms. The van der Waals surface area contributed by atoms with Crippen LogP contribution in [-0.2, 0) is 42.3 Å². The van der Waals surface area contributed by atoms with Crippen LogP contribution in [0, 0.1) is 0 Å². The lowest BCUT2D eigenvalue weighted by molar-refractivity contribution is 0.0205. The summed E-state index contributed by atoms with van der Waals surface area (Å²) >= 11 is 0. The Morgan fingerprint density at radius 1 is 0.882 bits per heavy atom. The van der Waals surface area contributed by atoms with Crippen molar-refractivity contribution in [1.82, 2.24) is 0 Å². The summed E-state index contributed by atoms with van der Waals surface area (Å²) in [5.74, 6) is 0. The number of ether oxygens (including phenoxy) is 1. The van der Waals surface area contributed by atoms with E-state index in [4.69, 9.17) is 4.74 Å². The molecule has 0 aromatic rings. The highest BCUT2D eigenvalue weighted by molar-refractivity contribution is 7.82. The van der Waals surface area contributed by atoms with Crippen molar-refractivity contribution in [2.75, 3.05) is 26.4 Å². The Balaban J connectivity index is 1.68. The third-order valence-electron chi connectivity index (χ3n) is 1.91. The van der Waals surface area contributed by atoms with Crippen LogP contribution in [-0.4, -0.2) is 55.5 Å². The summed E-state index contributed by atoms with van der Waals surface area (Å²) in [6, 6.07) is 0. The fourth-order valence-electron chi connectivity index (χ4n) is 1.25. The zero-order valence-corrected chi connectivity index (χ0v) is 10.1. The Kier molecular flexibility index (Phi) is 3.68. The second kappa shape index (κ2) is 4.76. The predicted molar refractivity (Wildman–Crippen MR) is 50.3 cm³/mol. The van der Waals surface area contributed by atoms with E-state index in [-0.39, 0.29) is 26.4 Å². The maximum absolute atomic E-state index is 10.7. The second-order valence-corrected chi connectivity index (χ2v) is 5.85. The molecule has 2 fully saturated rings. The van der Waals surface area contributed by atoms with Crippen molar-refractivity contribution in [3.8, 4) is 0 Å². The van der Waals surface area contributed by atoms with Crippen molar-refractivity contribution < 1.29 is 38.3 Å². The van der Waals surface area contributed by atoms with Crippen LogP contribution in [0.2, 0.25) is 0 Å². The molecular formula is C6H10O9S2. The third kappa shape index (κ3) is 3.84. The summed E-state index contributed by atoms with van der Waals surface area (Å²) in [5.41, 5.74) is 0. The number of rotatable bonds is 4. The molecule has 0 saturated carbocycles. The molecule has 0 aromatic carbocycles. The minimum absolute atomic E-state index is 0.0425. The van der Waals surface area contributed by atoms with Crippen molar-refractivity contribution in [3.05, 3.63) is 0 Å². The Morgan fingerprint density at radius 3 is 1.59 bits per heavy atom. The summed E-state index contributed by atoms with van der Waals surface area (Å²) in [4.78, 5) is 0. The van der Waals surface area contributed by atoms with E-state index in [1.807, 2.05) is 0 Å². The molecule has 0 radical (unpaired) electrons. The summed E-state index contributed by atoms with van der Waals surface area (Å²) < 4.78 is 65.6. The molecule has 0 aromatic heterocycles. The lowest BCUT2D eigenvalue weighted by Crippen LogP contribution is -2.24. The largest absolute Gasteiger partial charge is 0.400 e. The molecule has 0 aliphatic carbocycles. The molecule has 0 spiro atoms. The van der Waals surface area contributed by atoms with E-state index in [1.165, 1.54) is 0 Å². The zero-order valence-electron chi connectivity index (χ0n) is 8.47. The number of hydrogen-bond donors (Lipinski definition) is 0. The monoisotopic (exact) mass is 290 g/mol. The number of hydrogen-bond acceptors (Lipinski definition) is 9. The van der Waals surface area contributed by atoms with Gasteiger partial charge in [0.25, 0.3) is 0 Å². The average Bonchev–Trinajstić information content (AvgIpc) is 2.70. The maximum Gasteiger partial charge on any atom is 0.400 e. The van der Waals surface area contributed by atoms with Gasteiger partial charge < -0.3 is 4.74 Å². The minimum Gasteiger partial charge on any atom is -0.376 e. The van der Waals surface area contributed by atoms with E-state index in [9.17, 15) is 16.8 Å². The van der Waals surface area contributed by atoms with Gasteiger partial charge in [-0.25, -0.2) is 16.7 Å². The average molecular weight is 290 g/mol. The van der Waals surface area contributed by atoms with Crippen molar-refractivity contribution in [2.24, 2.45) is 0 Å². The molecule has 2 unspecified atom stereocenters. The topological polar surface area (TPSA) is 114 Å². The van der Waals surface area contributed by atoms with Gasteiger partial charge in [0.2, 0.25) is 0 Å². The van der Waals surface area contributed by atoms with Crippen molar-refractivity contribution in [3.63, 3.8) is 0 Å². The van der Waals surface area contributed by atoms with E-state index in [2.05, 4.69) is 16.7 Å². The summed E-state index contributed by atoms with van der Waals surface area (Å²) in [7, 11) is -7.79. The molecule has 0 N–H and O–H groups in total. The Labute approximate surface area is 98.2 Å². The van der Waals surface area contributed by atoms with Crippen molar-refractivity contribution >= 4 is 20.8 Å². The molecule has 100 valence electrons. The normalized spacial score (nSPS) is 35.1. The first-order chi connectivity index (χ1) is 7.86. The lowest BCUT2D eigenvalue weighted by Gasteiger charge is -2.09. The van der Waals surface area contributed by atoms with Gasteiger partial charge in [0.15, 0.2) is 0 Å². The van der Waals surface area contributed by atoms with E-state index < -0.39 is 33.0 Å². The van der Waals surface area contributed by atoms with E-state index in [0.717, 1.165) is 0 Å². The standard InChI is InChI=1S/C6H10O9S2/c7-16(8)12-3-5(14-16)1-11-2-6-4-13-17(9,10)15-6/h5-6H,1-4H2. The van der Waals surface area contributed by atoms with E-state index in [0.29, 0.717) is 0 Å². The highest BCUT2D eigenvalue weighted by Gasteiger charge is 2.32. The quantitative estimate of drug-likeness (QED) is 0.598. The van der Waals surface area contributed by atoms with Gasteiger partial charge in [-0.1, -0.05) is 0 Å². The van der Waals surface area contributed by atoms with Gasteiger partial charge in [-0.2, -0.15) is 16.8 Å². The second-order valence-electron chi connectivity index (χ2n) is 3.36. The fourth-order valence-corrected chi connectivity index (χ4v) is 2.88. The Bertz CT molecular complexity index is 422. The van der Waals surface area contributed by atoms with Gasteiger partial charge in [-0.05, 0) is 0 Å². The minimum atomic E-state index is -3.90. The molecule has 2 atom stereocenters. The highest BCUT2D eigenvalue weighted by Crippen LogP contribution is 2.15. The van der Waals surface area contributed by atoms with Crippen molar-refractivity contribution in [1.29, 1.82) is 0 Å². The summed E-state index contributed by atoms with van der Waals surface area (Å²) in [5, 5.41) is 0. The molecule has 2 rings (SSSR count). The molecule has 2 aliphatic heterocycles. The van der Waals surface area contributed by atoms with Crippen LogP contribution >= 0.6 is 0 Å². The fraction of sp³-hybridized carbons (Fsp3) is 1.00. The van der Waals surface area contributed by atoms with Crippen LogP contribution in [0.25, 0.3) is 0 Å². The summed E-state index contributed by atoms with van der Waals surface area (Å²) in [6.07, 6.45) is -1.45. The summed E-state index contributed by atoms with van der Waals surface area (Å²) in [6.45, 7) is -0.330. The molecule has 2 aliphatic rings. The third-order valence-corrected chi connectivity index (χ3v) is 3.78. The van der Waals surface area contributed by atoms with Gasteiger partial charge in [0.1, 0.15) is 12.2 Å². The maximum atomic E-state index is 10.7. The van der Waals surface area contributed by atoms with Gasteiger partial charge in [-0.3, -0.25) is 0 Å². The SMILES string of the molecule is O=S1(=O)OCC(COCC2COS(=O)(=O)O2)O1. The van der Waals surface area contributed by atoms with E-state index >= 15 is 0 Å². The highest BCUT2D eigenvalue weighted by atomic mass is 32.3. The van der Waals surface area contributed by atoms with Gasteiger partial charge in [-0.15, -0.1) is 0 Å². The zero-order chi connectivity index (χ0) is 12.5. The first kappa shape index (κ1) is 13.1. The van der Waals surface area contributed by atoms with Crippen LogP contribution in [0.4, 0.5) is 0 Å². The van der Waals surface area contributed by atoms with Crippen LogP contribution < -0.4 is 0 Å². The molecule has 17 heavy (non-hydrogen) atoms. The molecule has 9 nitrogen and oxygen atoms in total. The molecule has 0 amide bonds. The van der Waals surface area contributed by atoms with Gasteiger partial charge >= 0.3 is 20.8 Å². The molecule has 2 heterocycles. The molecule has 2 saturated heterocycles. The first-order valence-electron chi connectivity index (χ1n) is 4.59. The lowest BCUT2D eigenvalue weighted by atomic mass is 10.4. The first-order valence-corrected chi connectivity index (χ1v) is 7.26. The van der Waals surface area contributed by atoms with Gasteiger partial charge in [0, 0.05) is 0 Å². The molecular weight excluding hydrogens is 280 g/mol. The van der Waals surface area contributed by atoms with Crippen LogP contribution in [0.1, 0.15) is 0 Å². The van der Waals surface area contributed by atoms with Crippen LogP contribution in [0.3, 0.4) is 0 Å². The molecule has 11 heteroatoms. The smallest absolute Gasteiger partial charge is 0.376 e. The van der Waals surface area contributed by atoms with Crippen LogP contribution in [0.5, 0.6) is 0 Å².